The largest absolute Gasteiger partial charge is 0.247 e. The molecule has 3 aromatic heterocycles. The Morgan fingerprint density at radius 1 is 0.484 bits per heavy atom. The van der Waals surface area contributed by atoms with Crippen LogP contribution >= 0.6 is 11.3 Å². The Morgan fingerprint density at radius 2 is 1.00 bits per heavy atom. The number of hydrogen-bond donors (Lipinski definition) is 0. The smallest absolute Gasteiger partial charge is 0.160 e. The molecule has 0 radical (unpaired) electrons. The van der Waals surface area contributed by atoms with Crippen molar-refractivity contribution in [3.63, 3.8) is 0 Å². The van der Waals surface area contributed by atoms with Crippen molar-refractivity contribution in [1.82, 2.24) is 15.0 Å². The van der Waals surface area contributed by atoms with Crippen LogP contribution in [0.2, 0.25) is 0 Å². The molecule has 0 fully saturated rings. The number of hydrogen-bond acceptors (Lipinski definition) is 4. The third-order valence-corrected chi connectivity index (χ3v) is 12.5. The highest BCUT2D eigenvalue weighted by Crippen LogP contribution is 2.49. The molecule has 4 heteroatoms. The van der Waals surface area contributed by atoms with Gasteiger partial charge in [-0.3, -0.25) is 0 Å². The Labute approximate surface area is 366 Å². The average molecular weight is 812 g/mol. The van der Waals surface area contributed by atoms with Crippen molar-refractivity contribution in [3.05, 3.63) is 231 Å². The maximum atomic E-state index is 5.37. The number of allylic oxidation sites excluding steroid dienone is 5. The highest BCUT2D eigenvalue weighted by atomic mass is 32.1. The Balaban J connectivity index is 1.17. The van der Waals surface area contributed by atoms with Crippen LogP contribution in [0.1, 0.15) is 12.6 Å². The molecule has 3 nitrogen and oxygen atoms in total. The molecule has 0 aliphatic heterocycles. The number of nitrogens with zero attached hydrogens (tertiary/aromatic N) is 3. The second kappa shape index (κ2) is 17.1. The lowest BCUT2D eigenvalue weighted by atomic mass is 9.93. The van der Waals surface area contributed by atoms with Gasteiger partial charge in [0.25, 0.3) is 0 Å². The van der Waals surface area contributed by atoms with Crippen molar-refractivity contribution < 1.29 is 0 Å². The number of pyridine rings is 1. The van der Waals surface area contributed by atoms with E-state index in [1.54, 1.807) is 0 Å². The minimum atomic E-state index is 0.670. The van der Waals surface area contributed by atoms with E-state index >= 15 is 0 Å². The first-order valence-corrected chi connectivity index (χ1v) is 21.6. The second-order valence-electron chi connectivity index (χ2n) is 15.1. The zero-order valence-corrected chi connectivity index (χ0v) is 35.1. The fourth-order valence-electron chi connectivity index (χ4n) is 8.20. The van der Waals surface area contributed by atoms with Gasteiger partial charge in [-0.05, 0) is 58.5 Å². The van der Waals surface area contributed by atoms with Crippen molar-refractivity contribution in [1.29, 1.82) is 0 Å². The molecule has 0 aliphatic carbocycles. The van der Waals surface area contributed by atoms with Gasteiger partial charge < -0.3 is 0 Å². The van der Waals surface area contributed by atoms with Crippen LogP contribution in [-0.4, -0.2) is 15.0 Å². The van der Waals surface area contributed by atoms with Crippen LogP contribution in [-0.2, 0) is 0 Å². The minimum absolute atomic E-state index is 0.670. The lowest BCUT2D eigenvalue weighted by Gasteiger charge is -2.13. The summed E-state index contributed by atoms with van der Waals surface area (Å²) < 4.78 is 1.20. The van der Waals surface area contributed by atoms with Gasteiger partial charge in [0.05, 0.1) is 22.6 Å². The SMILES string of the molecule is C=C/C=C(\C=C/C)c1nc2ccccc2c2sc(-c3ccccc3)c(-c3cccc(-c4cc(-c5ccc(-c6ccccc6)cc5)nc(-c5ccc(-c6ccccc6)cc5)n4)c3)c12. The van der Waals surface area contributed by atoms with Gasteiger partial charge in [0, 0.05) is 48.2 Å². The van der Waals surface area contributed by atoms with Crippen LogP contribution in [0.4, 0.5) is 0 Å². The molecule has 0 atom stereocenters. The van der Waals surface area contributed by atoms with Crippen LogP contribution in [0.5, 0.6) is 0 Å². The van der Waals surface area contributed by atoms with Gasteiger partial charge in [0.15, 0.2) is 5.82 Å². The summed E-state index contributed by atoms with van der Waals surface area (Å²) in [6.07, 6.45) is 8.09. The third kappa shape index (κ3) is 7.49. The number of rotatable bonds is 10. The summed E-state index contributed by atoms with van der Waals surface area (Å²) in [6, 6.07) is 68.3. The van der Waals surface area contributed by atoms with E-state index in [-0.39, 0.29) is 0 Å². The van der Waals surface area contributed by atoms with E-state index in [1.807, 2.05) is 36.5 Å². The molecule has 0 spiro atoms. The molecule has 0 aliphatic rings. The normalized spacial score (nSPS) is 11.7. The first-order valence-electron chi connectivity index (χ1n) is 20.8. The van der Waals surface area contributed by atoms with Crippen LogP contribution < -0.4 is 0 Å². The number of benzene rings is 7. The molecular weight excluding hydrogens is 771 g/mol. The van der Waals surface area contributed by atoms with Crippen molar-refractivity contribution >= 4 is 37.9 Å². The monoisotopic (exact) mass is 811 g/mol. The third-order valence-electron chi connectivity index (χ3n) is 11.2. The first kappa shape index (κ1) is 38.4. The maximum absolute atomic E-state index is 5.37. The van der Waals surface area contributed by atoms with Gasteiger partial charge in [0.2, 0.25) is 0 Å². The minimum Gasteiger partial charge on any atom is -0.247 e. The Kier molecular flexibility index (Phi) is 10.6. The molecule has 0 saturated carbocycles. The predicted molar refractivity (Wildman–Crippen MR) is 264 cm³/mol. The van der Waals surface area contributed by atoms with Gasteiger partial charge in [0.1, 0.15) is 0 Å². The summed E-state index contributed by atoms with van der Waals surface area (Å²) in [7, 11) is 0. The summed E-state index contributed by atoms with van der Waals surface area (Å²) in [6.45, 7) is 6.12. The van der Waals surface area contributed by atoms with E-state index < -0.39 is 0 Å². The highest BCUT2D eigenvalue weighted by Gasteiger charge is 2.23. The maximum Gasteiger partial charge on any atom is 0.160 e. The second-order valence-corrected chi connectivity index (χ2v) is 16.2. The first-order chi connectivity index (χ1) is 30.6. The fourth-order valence-corrected chi connectivity index (χ4v) is 9.56. The van der Waals surface area contributed by atoms with E-state index in [4.69, 9.17) is 15.0 Å². The molecule has 0 unspecified atom stereocenters. The number of para-hydroxylation sites is 1. The van der Waals surface area contributed by atoms with Crippen molar-refractivity contribution in [3.8, 4) is 77.7 Å². The molecule has 7 aromatic carbocycles. The highest BCUT2D eigenvalue weighted by molar-refractivity contribution is 7.24. The topological polar surface area (TPSA) is 38.7 Å². The van der Waals surface area contributed by atoms with E-state index in [0.29, 0.717) is 5.82 Å². The van der Waals surface area contributed by atoms with Crippen molar-refractivity contribution in [2.24, 2.45) is 0 Å². The van der Waals surface area contributed by atoms with Crippen LogP contribution in [0.15, 0.2) is 225 Å². The van der Waals surface area contributed by atoms with E-state index in [0.717, 1.165) is 83.5 Å². The zero-order chi connectivity index (χ0) is 41.8. The fraction of sp³-hybridized carbons (Fsp3) is 0.0172. The van der Waals surface area contributed by atoms with E-state index in [1.165, 1.54) is 20.7 Å². The molecule has 0 amide bonds. The molecule has 10 rings (SSSR count). The molecular formula is C58H41N3S. The Bertz CT molecular complexity index is 3170. The number of fused-ring (bicyclic) bond motifs is 3. The van der Waals surface area contributed by atoms with Gasteiger partial charge >= 0.3 is 0 Å². The molecule has 10 aromatic rings. The number of thiophene rings is 1. The van der Waals surface area contributed by atoms with Gasteiger partial charge in [-0.25, -0.2) is 15.0 Å². The standard InChI is InChI=1S/C58H41N3S/c1-3-17-44(18-4-2)55-54-53(56(45-23-12-7-13-24-45)62-57(54)49-27-14-15-28-50(49)59-55)48-26-16-25-47(37-48)52-38-51(43-33-29-41(30-34-43)39-19-8-5-9-20-39)60-58(61-52)46-35-31-42(32-36-46)40-21-10-6-11-22-40/h3-38H,1H2,2H3/b18-4-,44-17+. The lowest BCUT2D eigenvalue weighted by Crippen LogP contribution is -1.96. The summed E-state index contributed by atoms with van der Waals surface area (Å²) in [5, 5.41) is 2.26. The van der Waals surface area contributed by atoms with Gasteiger partial charge in [-0.15, -0.1) is 11.3 Å². The molecule has 3 heterocycles. The predicted octanol–water partition coefficient (Wildman–Crippen LogP) is 16.1. The van der Waals surface area contributed by atoms with Crippen molar-refractivity contribution in [2.45, 2.75) is 6.92 Å². The Hall–Kier alpha value is -7.79. The molecule has 0 N–H and O–H groups in total. The Morgan fingerprint density at radius 3 is 1.63 bits per heavy atom. The quantitative estimate of drug-likeness (QED) is 0.129. The van der Waals surface area contributed by atoms with Crippen molar-refractivity contribution in [2.75, 3.05) is 0 Å². The molecule has 0 bridgehead atoms. The summed E-state index contributed by atoms with van der Waals surface area (Å²) in [4.78, 5) is 17.1. The summed E-state index contributed by atoms with van der Waals surface area (Å²) in [5.74, 6) is 0.670. The summed E-state index contributed by atoms with van der Waals surface area (Å²) >= 11 is 1.83. The van der Waals surface area contributed by atoms with E-state index in [9.17, 15) is 0 Å². The average Bonchev–Trinajstić information content (AvgIpc) is 3.76. The summed E-state index contributed by atoms with van der Waals surface area (Å²) in [5.41, 5.74) is 15.6. The molecule has 294 valence electrons. The van der Waals surface area contributed by atoms with Crippen LogP contribution in [0.25, 0.3) is 104 Å². The lowest BCUT2D eigenvalue weighted by molar-refractivity contribution is 1.18. The van der Waals surface area contributed by atoms with Gasteiger partial charge in [-0.1, -0.05) is 207 Å². The van der Waals surface area contributed by atoms with Crippen LogP contribution in [0.3, 0.4) is 0 Å². The number of aromatic nitrogens is 3. The zero-order valence-electron chi connectivity index (χ0n) is 34.2. The van der Waals surface area contributed by atoms with Crippen LogP contribution in [0, 0.1) is 0 Å². The van der Waals surface area contributed by atoms with Gasteiger partial charge in [-0.2, -0.15) is 0 Å². The molecule has 62 heavy (non-hydrogen) atoms. The van der Waals surface area contributed by atoms with E-state index in [2.05, 4.69) is 207 Å². The molecule has 0 saturated heterocycles.